The molecule has 21 heavy (non-hydrogen) atoms. The third-order valence-corrected chi connectivity index (χ3v) is 3.77. The smallest absolute Gasteiger partial charge is 0.260 e. The molecular formula is C16H21FN2O2. The molecule has 0 radical (unpaired) electrons. The van der Waals surface area contributed by atoms with Crippen LogP contribution in [-0.4, -0.2) is 24.1 Å². The summed E-state index contributed by atoms with van der Waals surface area (Å²) in [5, 5.41) is 6.18. The van der Waals surface area contributed by atoms with Gasteiger partial charge in [-0.05, 0) is 50.3 Å². The standard InChI is InChI=1S/C16H21FN2O2/c1-10(16(20)19-13-5-6-13)21-15-7-2-11(8-14(15)17)9-18-12-3-4-12/h2,7-8,10,12-13,18H,3-6,9H2,1H3,(H,19,20). The molecule has 2 aliphatic carbocycles. The maximum absolute atomic E-state index is 14.0. The van der Waals surface area contributed by atoms with Gasteiger partial charge in [0.1, 0.15) is 0 Å². The topological polar surface area (TPSA) is 50.4 Å². The van der Waals surface area contributed by atoms with Gasteiger partial charge in [0.15, 0.2) is 17.7 Å². The number of halogens is 1. The Bertz CT molecular complexity index is 527. The minimum absolute atomic E-state index is 0.128. The predicted octanol–water partition coefficient (Wildman–Crippen LogP) is 2.12. The van der Waals surface area contributed by atoms with Gasteiger partial charge in [-0.25, -0.2) is 4.39 Å². The summed E-state index contributed by atoms with van der Waals surface area (Å²) in [5.41, 5.74) is 0.891. The van der Waals surface area contributed by atoms with E-state index < -0.39 is 11.9 Å². The van der Waals surface area contributed by atoms with E-state index in [9.17, 15) is 9.18 Å². The highest BCUT2D eigenvalue weighted by atomic mass is 19.1. The van der Waals surface area contributed by atoms with Crippen LogP contribution in [-0.2, 0) is 11.3 Å². The molecule has 0 bridgehead atoms. The minimum Gasteiger partial charge on any atom is -0.478 e. The summed E-state index contributed by atoms with van der Waals surface area (Å²) in [6.07, 6.45) is 3.77. The van der Waals surface area contributed by atoms with Crippen molar-refractivity contribution in [3.63, 3.8) is 0 Å². The Morgan fingerprint density at radius 2 is 2.05 bits per heavy atom. The highest BCUT2D eigenvalue weighted by Crippen LogP contribution is 2.23. The van der Waals surface area contributed by atoms with Crippen molar-refractivity contribution in [2.45, 2.75) is 57.3 Å². The first-order chi connectivity index (χ1) is 10.1. The van der Waals surface area contributed by atoms with Crippen LogP contribution in [0.5, 0.6) is 5.75 Å². The molecule has 3 rings (SSSR count). The second-order valence-electron chi connectivity index (χ2n) is 5.96. The Hall–Kier alpha value is -1.62. The summed E-state index contributed by atoms with van der Waals surface area (Å²) in [6, 6.07) is 5.77. The van der Waals surface area contributed by atoms with Crippen LogP contribution in [0.1, 0.15) is 38.2 Å². The Morgan fingerprint density at radius 1 is 1.33 bits per heavy atom. The number of rotatable bonds is 7. The number of ether oxygens (including phenoxy) is 1. The van der Waals surface area contributed by atoms with E-state index in [2.05, 4.69) is 10.6 Å². The fourth-order valence-electron chi connectivity index (χ4n) is 2.09. The zero-order valence-corrected chi connectivity index (χ0v) is 12.2. The van der Waals surface area contributed by atoms with Crippen molar-refractivity contribution in [1.29, 1.82) is 0 Å². The molecule has 2 fully saturated rings. The van der Waals surface area contributed by atoms with Crippen LogP contribution in [0.4, 0.5) is 4.39 Å². The van der Waals surface area contributed by atoms with Gasteiger partial charge in [0.05, 0.1) is 0 Å². The molecule has 114 valence electrons. The van der Waals surface area contributed by atoms with Gasteiger partial charge in [-0.3, -0.25) is 4.79 Å². The molecule has 2 aliphatic rings. The highest BCUT2D eigenvalue weighted by Gasteiger charge is 2.26. The largest absolute Gasteiger partial charge is 0.478 e. The van der Waals surface area contributed by atoms with Gasteiger partial charge in [0.25, 0.3) is 5.91 Å². The number of carbonyl (C=O) groups excluding carboxylic acids is 1. The molecule has 4 nitrogen and oxygen atoms in total. The number of benzene rings is 1. The molecule has 0 aliphatic heterocycles. The first kappa shape index (κ1) is 14.3. The summed E-state index contributed by atoms with van der Waals surface area (Å²) in [4.78, 5) is 11.8. The molecule has 2 saturated carbocycles. The second kappa shape index (κ2) is 6.02. The van der Waals surface area contributed by atoms with E-state index in [1.165, 1.54) is 18.9 Å². The molecule has 0 heterocycles. The molecule has 1 aromatic rings. The van der Waals surface area contributed by atoms with E-state index in [0.29, 0.717) is 12.6 Å². The number of hydrogen-bond acceptors (Lipinski definition) is 3. The lowest BCUT2D eigenvalue weighted by Gasteiger charge is -2.15. The van der Waals surface area contributed by atoms with Crippen LogP contribution in [0.2, 0.25) is 0 Å². The van der Waals surface area contributed by atoms with Gasteiger partial charge in [0, 0.05) is 18.6 Å². The summed E-state index contributed by atoms with van der Waals surface area (Å²) < 4.78 is 19.4. The van der Waals surface area contributed by atoms with Crippen LogP contribution >= 0.6 is 0 Å². The lowest BCUT2D eigenvalue weighted by atomic mass is 10.2. The molecule has 0 aromatic heterocycles. The van der Waals surface area contributed by atoms with E-state index in [1.807, 2.05) is 6.07 Å². The monoisotopic (exact) mass is 292 g/mol. The third-order valence-electron chi connectivity index (χ3n) is 3.77. The third kappa shape index (κ3) is 4.17. The number of nitrogens with one attached hydrogen (secondary N) is 2. The van der Waals surface area contributed by atoms with Crippen molar-refractivity contribution in [2.75, 3.05) is 0 Å². The molecule has 2 N–H and O–H groups in total. The summed E-state index contributed by atoms with van der Waals surface area (Å²) in [7, 11) is 0. The molecule has 0 saturated heterocycles. The van der Waals surface area contributed by atoms with E-state index in [-0.39, 0.29) is 17.7 Å². The van der Waals surface area contributed by atoms with Crippen molar-refractivity contribution >= 4 is 5.91 Å². The minimum atomic E-state index is -0.685. The number of amides is 1. The van der Waals surface area contributed by atoms with Gasteiger partial charge in [-0.15, -0.1) is 0 Å². The fraction of sp³-hybridized carbons (Fsp3) is 0.562. The van der Waals surface area contributed by atoms with Crippen molar-refractivity contribution in [3.8, 4) is 5.75 Å². The van der Waals surface area contributed by atoms with E-state index in [4.69, 9.17) is 4.74 Å². The Kier molecular flexibility index (Phi) is 4.10. The zero-order valence-electron chi connectivity index (χ0n) is 12.2. The average Bonchev–Trinajstić information content (AvgIpc) is 3.33. The molecule has 1 atom stereocenters. The van der Waals surface area contributed by atoms with Crippen LogP contribution in [0.3, 0.4) is 0 Å². The molecule has 5 heteroatoms. The lowest BCUT2D eigenvalue weighted by Crippen LogP contribution is -2.37. The summed E-state index contributed by atoms with van der Waals surface area (Å²) in [6.45, 7) is 2.30. The Labute approximate surface area is 124 Å². The molecule has 0 spiro atoms. The average molecular weight is 292 g/mol. The fourth-order valence-corrected chi connectivity index (χ4v) is 2.09. The Balaban J connectivity index is 1.54. The maximum atomic E-state index is 14.0. The van der Waals surface area contributed by atoms with E-state index >= 15 is 0 Å². The van der Waals surface area contributed by atoms with Crippen molar-refractivity contribution in [3.05, 3.63) is 29.6 Å². The lowest BCUT2D eigenvalue weighted by molar-refractivity contribution is -0.127. The van der Waals surface area contributed by atoms with Crippen LogP contribution in [0.25, 0.3) is 0 Å². The van der Waals surface area contributed by atoms with Crippen LogP contribution in [0.15, 0.2) is 18.2 Å². The van der Waals surface area contributed by atoms with Gasteiger partial charge in [-0.2, -0.15) is 0 Å². The van der Waals surface area contributed by atoms with Gasteiger partial charge in [-0.1, -0.05) is 6.07 Å². The maximum Gasteiger partial charge on any atom is 0.260 e. The molecule has 1 unspecified atom stereocenters. The molecule has 1 aromatic carbocycles. The first-order valence-corrected chi connectivity index (χ1v) is 7.60. The van der Waals surface area contributed by atoms with Gasteiger partial charge in [0.2, 0.25) is 0 Å². The summed E-state index contributed by atoms with van der Waals surface area (Å²) >= 11 is 0. The van der Waals surface area contributed by atoms with E-state index in [1.54, 1.807) is 13.0 Å². The van der Waals surface area contributed by atoms with E-state index in [0.717, 1.165) is 18.4 Å². The van der Waals surface area contributed by atoms with Crippen LogP contribution in [0, 0.1) is 5.82 Å². The van der Waals surface area contributed by atoms with Crippen molar-refractivity contribution in [2.24, 2.45) is 0 Å². The summed E-state index contributed by atoms with van der Waals surface area (Å²) in [5.74, 6) is -0.476. The quantitative estimate of drug-likeness (QED) is 0.809. The van der Waals surface area contributed by atoms with Gasteiger partial charge < -0.3 is 15.4 Å². The zero-order chi connectivity index (χ0) is 14.8. The predicted molar refractivity (Wildman–Crippen MR) is 77.5 cm³/mol. The number of carbonyl (C=O) groups is 1. The van der Waals surface area contributed by atoms with Crippen molar-refractivity contribution in [1.82, 2.24) is 10.6 Å². The molecule has 1 amide bonds. The molecular weight excluding hydrogens is 271 g/mol. The normalized spacial score (nSPS) is 19.1. The van der Waals surface area contributed by atoms with Crippen molar-refractivity contribution < 1.29 is 13.9 Å². The van der Waals surface area contributed by atoms with Gasteiger partial charge >= 0.3 is 0 Å². The Morgan fingerprint density at radius 3 is 2.67 bits per heavy atom. The first-order valence-electron chi connectivity index (χ1n) is 7.60. The van der Waals surface area contributed by atoms with Crippen LogP contribution < -0.4 is 15.4 Å². The highest BCUT2D eigenvalue weighted by molar-refractivity contribution is 5.81. The SMILES string of the molecule is CC(Oc1ccc(CNC2CC2)cc1F)C(=O)NC1CC1. The number of hydrogen-bond donors (Lipinski definition) is 2. The second-order valence-corrected chi connectivity index (χ2v) is 5.96.